The fourth-order valence-electron chi connectivity index (χ4n) is 5.36. The van der Waals surface area contributed by atoms with Crippen molar-refractivity contribution in [2.24, 2.45) is 11.8 Å². The first-order valence-electron chi connectivity index (χ1n) is 12.5. The summed E-state index contributed by atoms with van der Waals surface area (Å²) in [5, 5.41) is 4.24. The average Bonchev–Trinajstić information content (AvgIpc) is 3.28. The van der Waals surface area contributed by atoms with Crippen molar-refractivity contribution in [2.75, 3.05) is 14.1 Å². The quantitative estimate of drug-likeness (QED) is 0.390. The molecule has 1 atom stereocenters. The SMILES string of the molecule is CN(C)C(c1ccccc1)C1CCC(CCc2nc(-c3ccc(C(C)(C)C)cc3)no2)CC1. The molecule has 1 fully saturated rings. The van der Waals surface area contributed by atoms with Crippen molar-refractivity contribution in [1.82, 2.24) is 15.0 Å². The van der Waals surface area contributed by atoms with E-state index in [-0.39, 0.29) is 5.41 Å². The highest BCUT2D eigenvalue weighted by atomic mass is 16.5. The lowest BCUT2D eigenvalue weighted by molar-refractivity contribution is 0.145. The van der Waals surface area contributed by atoms with Crippen molar-refractivity contribution in [3.8, 4) is 11.4 Å². The maximum Gasteiger partial charge on any atom is 0.226 e. The monoisotopic (exact) mass is 445 g/mol. The summed E-state index contributed by atoms with van der Waals surface area (Å²) < 4.78 is 5.59. The largest absolute Gasteiger partial charge is 0.339 e. The highest BCUT2D eigenvalue weighted by molar-refractivity contribution is 5.55. The minimum atomic E-state index is 0.146. The molecule has 1 saturated carbocycles. The van der Waals surface area contributed by atoms with Crippen LogP contribution < -0.4 is 0 Å². The van der Waals surface area contributed by atoms with E-state index >= 15 is 0 Å². The first kappa shape index (κ1) is 23.7. The summed E-state index contributed by atoms with van der Waals surface area (Å²) in [5.74, 6) is 2.94. The van der Waals surface area contributed by atoms with Crippen LogP contribution in [-0.2, 0) is 11.8 Å². The second kappa shape index (κ2) is 10.2. The Morgan fingerprint density at radius 1 is 0.939 bits per heavy atom. The molecular weight excluding hydrogens is 406 g/mol. The molecule has 3 aromatic rings. The van der Waals surface area contributed by atoms with Crippen LogP contribution in [0.5, 0.6) is 0 Å². The molecule has 4 heteroatoms. The van der Waals surface area contributed by atoms with Gasteiger partial charge in [-0.2, -0.15) is 4.98 Å². The van der Waals surface area contributed by atoms with Gasteiger partial charge in [0.15, 0.2) is 0 Å². The molecule has 0 aliphatic heterocycles. The molecular formula is C29H39N3O. The maximum absolute atomic E-state index is 5.59. The van der Waals surface area contributed by atoms with E-state index in [2.05, 4.69) is 105 Å². The highest BCUT2D eigenvalue weighted by Gasteiger charge is 2.30. The Bertz CT molecular complexity index is 993. The lowest BCUT2D eigenvalue weighted by Gasteiger charge is -2.37. The van der Waals surface area contributed by atoms with Crippen molar-refractivity contribution < 1.29 is 4.52 Å². The topological polar surface area (TPSA) is 42.2 Å². The summed E-state index contributed by atoms with van der Waals surface area (Å²) in [6.45, 7) is 6.68. The minimum Gasteiger partial charge on any atom is -0.339 e. The number of benzene rings is 2. The Morgan fingerprint density at radius 2 is 1.61 bits per heavy atom. The van der Waals surface area contributed by atoms with Crippen LogP contribution in [0.4, 0.5) is 0 Å². The summed E-state index contributed by atoms with van der Waals surface area (Å²) in [7, 11) is 4.43. The van der Waals surface area contributed by atoms with Gasteiger partial charge in [0.2, 0.25) is 11.7 Å². The third-order valence-electron chi connectivity index (χ3n) is 7.28. The van der Waals surface area contributed by atoms with Gasteiger partial charge in [-0.3, -0.25) is 0 Å². The van der Waals surface area contributed by atoms with Crippen LogP contribution in [0, 0.1) is 11.8 Å². The minimum absolute atomic E-state index is 0.146. The van der Waals surface area contributed by atoms with E-state index in [0.29, 0.717) is 11.9 Å². The van der Waals surface area contributed by atoms with Crippen LogP contribution in [0.15, 0.2) is 59.1 Å². The van der Waals surface area contributed by atoms with E-state index in [9.17, 15) is 0 Å². The number of rotatable bonds is 7. The first-order valence-corrected chi connectivity index (χ1v) is 12.5. The van der Waals surface area contributed by atoms with E-state index < -0.39 is 0 Å². The Morgan fingerprint density at radius 3 is 2.21 bits per heavy atom. The van der Waals surface area contributed by atoms with Crippen LogP contribution in [0.25, 0.3) is 11.4 Å². The zero-order valence-electron chi connectivity index (χ0n) is 20.9. The normalized spacial score (nSPS) is 20.2. The number of hydrogen-bond donors (Lipinski definition) is 0. The van der Waals surface area contributed by atoms with Gasteiger partial charge < -0.3 is 9.42 Å². The zero-order chi connectivity index (χ0) is 23.4. The Kier molecular flexibility index (Phi) is 7.33. The highest BCUT2D eigenvalue weighted by Crippen LogP contribution is 2.40. The molecule has 1 heterocycles. The van der Waals surface area contributed by atoms with Crippen LogP contribution in [-0.4, -0.2) is 29.1 Å². The second-order valence-electron chi connectivity index (χ2n) is 11.0. The van der Waals surface area contributed by atoms with Gasteiger partial charge in [-0.1, -0.05) is 93.4 Å². The summed E-state index contributed by atoms with van der Waals surface area (Å²) in [4.78, 5) is 7.08. The van der Waals surface area contributed by atoms with E-state index in [1.165, 1.54) is 36.8 Å². The maximum atomic E-state index is 5.59. The lowest BCUT2D eigenvalue weighted by atomic mass is 9.75. The van der Waals surface area contributed by atoms with Crippen molar-refractivity contribution >= 4 is 0 Å². The molecule has 1 aromatic heterocycles. The fraction of sp³-hybridized carbons (Fsp3) is 0.517. The zero-order valence-corrected chi connectivity index (χ0v) is 20.9. The van der Waals surface area contributed by atoms with Crippen molar-refractivity contribution in [3.63, 3.8) is 0 Å². The van der Waals surface area contributed by atoms with Crippen LogP contribution >= 0.6 is 0 Å². The van der Waals surface area contributed by atoms with Gasteiger partial charge in [0.05, 0.1) is 0 Å². The molecule has 0 N–H and O–H groups in total. The standard InChI is InChI=1S/C29H39N3O/c1-29(2,3)25-18-16-24(17-19-25)28-30-26(33-31-28)20-13-21-11-14-23(15-12-21)27(32(4)5)22-9-7-6-8-10-22/h6-10,16-19,21,23,27H,11-15,20H2,1-5H3. The third kappa shape index (κ3) is 5.92. The van der Waals surface area contributed by atoms with Crippen LogP contribution in [0.3, 0.4) is 0 Å². The van der Waals surface area contributed by atoms with Crippen LogP contribution in [0.2, 0.25) is 0 Å². The number of nitrogens with zero attached hydrogens (tertiary/aromatic N) is 3. The van der Waals surface area contributed by atoms with Crippen molar-refractivity contribution in [1.29, 1.82) is 0 Å². The molecule has 4 rings (SSSR count). The molecule has 4 nitrogen and oxygen atoms in total. The predicted molar refractivity (Wildman–Crippen MR) is 135 cm³/mol. The summed E-state index contributed by atoms with van der Waals surface area (Å²) >= 11 is 0. The van der Waals surface area contributed by atoms with Crippen molar-refractivity contribution in [2.45, 2.75) is 70.8 Å². The van der Waals surface area contributed by atoms with Gasteiger partial charge >= 0.3 is 0 Å². The van der Waals surface area contributed by atoms with Gasteiger partial charge in [-0.25, -0.2) is 0 Å². The van der Waals surface area contributed by atoms with Gasteiger partial charge in [-0.15, -0.1) is 0 Å². The van der Waals surface area contributed by atoms with Gasteiger partial charge in [0.1, 0.15) is 0 Å². The van der Waals surface area contributed by atoms with E-state index in [1.807, 2.05) is 0 Å². The molecule has 0 saturated heterocycles. The molecule has 33 heavy (non-hydrogen) atoms. The molecule has 176 valence electrons. The van der Waals surface area contributed by atoms with E-state index in [1.54, 1.807) is 0 Å². The first-order chi connectivity index (χ1) is 15.8. The van der Waals surface area contributed by atoms with Gasteiger partial charge in [-0.05, 0) is 61.7 Å². The Labute approximate surface area is 199 Å². The molecule has 1 unspecified atom stereocenters. The van der Waals surface area contributed by atoms with E-state index in [4.69, 9.17) is 4.52 Å². The van der Waals surface area contributed by atoms with Crippen LogP contribution in [0.1, 0.15) is 75.9 Å². The van der Waals surface area contributed by atoms with Gasteiger partial charge in [0.25, 0.3) is 0 Å². The lowest BCUT2D eigenvalue weighted by Crippen LogP contribution is -2.30. The predicted octanol–water partition coefficient (Wildman–Crippen LogP) is 7.08. The fourth-order valence-corrected chi connectivity index (χ4v) is 5.36. The number of aryl methyl sites for hydroxylation is 1. The Balaban J connectivity index is 1.29. The molecule has 0 radical (unpaired) electrons. The second-order valence-corrected chi connectivity index (χ2v) is 11.0. The number of hydrogen-bond acceptors (Lipinski definition) is 4. The summed E-state index contributed by atoms with van der Waals surface area (Å²) in [5.41, 5.74) is 3.93. The van der Waals surface area contributed by atoms with Crippen molar-refractivity contribution in [3.05, 3.63) is 71.6 Å². The smallest absolute Gasteiger partial charge is 0.226 e. The molecule has 0 bridgehead atoms. The molecule has 1 aliphatic rings. The molecule has 1 aliphatic carbocycles. The average molecular weight is 446 g/mol. The molecule has 0 spiro atoms. The molecule has 0 amide bonds. The summed E-state index contributed by atoms with van der Waals surface area (Å²) in [6, 6.07) is 20.0. The number of aromatic nitrogens is 2. The third-order valence-corrected chi connectivity index (χ3v) is 7.28. The summed E-state index contributed by atoms with van der Waals surface area (Å²) in [6.07, 6.45) is 7.16. The molecule has 2 aromatic carbocycles. The van der Waals surface area contributed by atoms with E-state index in [0.717, 1.165) is 36.1 Å². The Hall–Kier alpha value is -2.46. The van der Waals surface area contributed by atoms with Gasteiger partial charge in [0, 0.05) is 18.0 Å².